The lowest BCUT2D eigenvalue weighted by molar-refractivity contribution is -0.146. The number of nitrogens with zero attached hydrogens (tertiary/aromatic N) is 2. The standard InChI is InChI=1S/C35H53F2N7O6/c1-5-9-23(26(45)31(48)40-20-12-13-20)41-30(47)25-21-14-15-35(36,37)22(21)18-44(25)33(50)27(34(2,3)4)43-29(46)24(19-10-7-6-8-11-19)42-32(49)28-38-16-17-39-28/h16-17,19-27,45H,5-15,18H2,1-4H3,(H,38,39)(H,40,48)(H,41,47)(H,42,49)(H,43,46)/t21-,22-,23-,24-,25-,26?,27+/m0/s1. The molecule has 6 N–H and O–H groups in total. The zero-order valence-electron chi connectivity index (χ0n) is 29.5. The van der Waals surface area contributed by atoms with Gasteiger partial charge in [-0.05, 0) is 55.8 Å². The van der Waals surface area contributed by atoms with Gasteiger partial charge in [-0.1, -0.05) is 53.4 Å². The van der Waals surface area contributed by atoms with Crippen molar-refractivity contribution in [1.29, 1.82) is 0 Å². The van der Waals surface area contributed by atoms with Crippen LogP contribution in [-0.4, -0.2) is 98.3 Å². The third-order valence-corrected chi connectivity index (χ3v) is 10.9. The molecule has 5 amide bonds. The molecule has 3 saturated carbocycles. The Bertz CT molecular complexity index is 1390. The Morgan fingerprint density at radius 3 is 2.32 bits per heavy atom. The van der Waals surface area contributed by atoms with E-state index in [1.807, 2.05) is 6.92 Å². The molecule has 2 heterocycles. The van der Waals surface area contributed by atoms with Crippen LogP contribution in [0.3, 0.4) is 0 Å². The molecule has 1 aliphatic heterocycles. The monoisotopic (exact) mass is 705 g/mol. The van der Waals surface area contributed by atoms with Crippen LogP contribution in [0.2, 0.25) is 0 Å². The summed E-state index contributed by atoms with van der Waals surface area (Å²) < 4.78 is 30.5. The van der Waals surface area contributed by atoms with Gasteiger partial charge in [0.1, 0.15) is 18.1 Å². The highest BCUT2D eigenvalue weighted by molar-refractivity contribution is 5.97. The number of halogens is 2. The topological polar surface area (TPSA) is 186 Å². The number of aromatic nitrogens is 2. The molecule has 4 fully saturated rings. The Morgan fingerprint density at radius 2 is 1.72 bits per heavy atom. The van der Waals surface area contributed by atoms with Crippen LogP contribution in [-0.2, 0) is 19.2 Å². The average Bonchev–Trinajstić information content (AvgIpc) is 3.43. The lowest BCUT2D eigenvalue weighted by Crippen LogP contribution is -2.62. The zero-order chi connectivity index (χ0) is 36.4. The fourth-order valence-corrected chi connectivity index (χ4v) is 7.92. The van der Waals surface area contributed by atoms with Crippen molar-refractivity contribution in [3.8, 4) is 0 Å². The molecule has 3 aliphatic carbocycles. The van der Waals surface area contributed by atoms with E-state index in [4.69, 9.17) is 0 Å². The molecule has 1 aromatic heterocycles. The lowest BCUT2D eigenvalue weighted by atomic mass is 9.82. The Labute approximate surface area is 291 Å². The largest absolute Gasteiger partial charge is 0.381 e. The number of H-pyrrole nitrogens is 1. The summed E-state index contributed by atoms with van der Waals surface area (Å²) in [7, 11) is 0. The quantitative estimate of drug-likeness (QED) is 0.182. The number of alkyl halides is 2. The van der Waals surface area contributed by atoms with Gasteiger partial charge in [-0.3, -0.25) is 24.0 Å². The van der Waals surface area contributed by atoms with Crippen molar-refractivity contribution in [1.82, 2.24) is 36.1 Å². The lowest BCUT2D eigenvalue weighted by Gasteiger charge is -2.38. The van der Waals surface area contributed by atoms with E-state index in [2.05, 4.69) is 31.2 Å². The summed E-state index contributed by atoms with van der Waals surface area (Å²) in [5, 5.41) is 22.0. The third kappa shape index (κ3) is 8.46. The molecule has 7 atom stereocenters. The van der Waals surface area contributed by atoms with Gasteiger partial charge in [-0.15, -0.1) is 0 Å². The van der Waals surface area contributed by atoms with Gasteiger partial charge in [0, 0.05) is 37.3 Å². The summed E-state index contributed by atoms with van der Waals surface area (Å²) in [6.45, 7) is 6.65. The van der Waals surface area contributed by atoms with Crippen LogP contribution >= 0.6 is 0 Å². The highest BCUT2D eigenvalue weighted by Gasteiger charge is 2.61. The van der Waals surface area contributed by atoms with Gasteiger partial charge in [0.25, 0.3) is 17.7 Å². The van der Waals surface area contributed by atoms with Crippen LogP contribution in [0.15, 0.2) is 12.4 Å². The second-order valence-electron chi connectivity index (χ2n) is 15.7. The normalized spacial score (nSPS) is 25.9. The predicted octanol–water partition coefficient (Wildman–Crippen LogP) is 2.42. The first-order valence-corrected chi connectivity index (χ1v) is 18.2. The molecule has 15 heteroatoms. The van der Waals surface area contributed by atoms with E-state index in [1.54, 1.807) is 20.8 Å². The van der Waals surface area contributed by atoms with E-state index in [1.165, 1.54) is 12.4 Å². The molecule has 0 radical (unpaired) electrons. The number of carbonyl (C=O) groups excluding carboxylic acids is 5. The van der Waals surface area contributed by atoms with Crippen LogP contribution in [0, 0.1) is 23.2 Å². The Kier molecular flexibility index (Phi) is 11.5. The van der Waals surface area contributed by atoms with Gasteiger partial charge in [0.05, 0.1) is 6.04 Å². The van der Waals surface area contributed by atoms with Crippen molar-refractivity contribution in [3.63, 3.8) is 0 Å². The van der Waals surface area contributed by atoms with E-state index < -0.39 is 89.4 Å². The highest BCUT2D eigenvalue weighted by Crippen LogP contribution is 2.51. The number of fused-ring (bicyclic) bond motifs is 1. The highest BCUT2D eigenvalue weighted by atomic mass is 19.3. The maximum atomic E-state index is 15.2. The first-order valence-electron chi connectivity index (χ1n) is 18.2. The van der Waals surface area contributed by atoms with E-state index in [-0.39, 0.29) is 37.2 Å². The van der Waals surface area contributed by atoms with Crippen molar-refractivity contribution in [2.45, 2.75) is 141 Å². The van der Waals surface area contributed by atoms with Crippen LogP contribution < -0.4 is 21.3 Å². The van der Waals surface area contributed by atoms with Crippen LogP contribution in [0.5, 0.6) is 0 Å². The molecule has 4 aliphatic rings. The fraction of sp³-hybridized carbons (Fsp3) is 0.771. The van der Waals surface area contributed by atoms with Gasteiger partial charge >= 0.3 is 0 Å². The predicted molar refractivity (Wildman–Crippen MR) is 178 cm³/mol. The molecule has 50 heavy (non-hydrogen) atoms. The van der Waals surface area contributed by atoms with Crippen molar-refractivity contribution in [3.05, 3.63) is 18.2 Å². The fourth-order valence-electron chi connectivity index (χ4n) is 7.92. The van der Waals surface area contributed by atoms with E-state index in [9.17, 15) is 29.1 Å². The van der Waals surface area contributed by atoms with Crippen molar-refractivity contribution >= 4 is 29.5 Å². The molecular formula is C35H53F2N7O6. The molecule has 1 saturated heterocycles. The number of aliphatic hydroxyl groups is 1. The Hall–Kier alpha value is -3.62. The van der Waals surface area contributed by atoms with Crippen molar-refractivity contribution < 1.29 is 37.9 Å². The molecule has 0 spiro atoms. The maximum Gasteiger partial charge on any atom is 0.287 e. The molecule has 0 bridgehead atoms. The molecule has 1 unspecified atom stereocenters. The smallest absolute Gasteiger partial charge is 0.287 e. The average molecular weight is 706 g/mol. The van der Waals surface area contributed by atoms with Gasteiger partial charge in [0.2, 0.25) is 17.7 Å². The van der Waals surface area contributed by atoms with Crippen molar-refractivity contribution in [2.75, 3.05) is 6.54 Å². The number of imidazole rings is 1. The third-order valence-electron chi connectivity index (χ3n) is 10.9. The van der Waals surface area contributed by atoms with Crippen LogP contribution in [0.25, 0.3) is 0 Å². The number of aliphatic hydroxyl groups excluding tert-OH is 1. The van der Waals surface area contributed by atoms with E-state index in [0.29, 0.717) is 19.3 Å². The summed E-state index contributed by atoms with van der Waals surface area (Å²) in [5.74, 6) is -8.55. The minimum absolute atomic E-state index is 0.0117. The zero-order valence-corrected chi connectivity index (χ0v) is 29.5. The van der Waals surface area contributed by atoms with Gasteiger partial charge < -0.3 is 36.3 Å². The van der Waals surface area contributed by atoms with Crippen LogP contribution in [0.1, 0.15) is 109 Å². The van der Waals surface area contributed by atoms with Gasteiger partial charge in [-0.25, -0.2) is 13.8 Å². The minimum Gasteiger partial charge on any atom is -0.381 e. The number of rotatable bonds is 13. The minimum atomic E-state index is -3.10. The molecule has 0 aromatic carbocycles. The SMILES string of the molecule is CCC[C@H](NC(=O)[C@@H]1[C@H]2CCC(F)(F)[C@H]2CN1C(=O)[C@@H](NC(=O)[C@@H](NC(=O)c1ncc[nH]1)C1CCCCC1)C(C)(C)C)C(O)C(=O)NC1CC1. The summed E-state index contributed by atoms with van der Waals surface area (Å²) in [6, 6.07) is -4.51. The molecule has 13 nitrogen and oxygen atoms in total. The molecule has 278 valence electrons. The Morgan fingerprint density at radius 1 is 1.02 bits per heavy atom. The summed E-state index contributed by atoms with van der Waals surface area (Å²) in [4.78, 5) is 76.3. The number of aromatic amines is 1. The molecule has 1 aromatic rings. The van der Waals surface area contributed by atoms with Gasteiger partial charge in [-0.2, -0.15) is 0 Å². The summed E-state index contributed by atoms with van der Waals surface area (Å²) >= 11 is 0. The van der Waals surface area contributed by atoms with E-state index >= 15 is 8.78 Å². The second-order valence-corrected chi connectivity index (χ2v) is 15.7. The number of amides is 5. The van der Waals surface area contributed by atoms with E-state index in [0.717, 1.165) is 37.0 Å². The maximum absolute atomic E-state index is 15.2. The number of hydrogen-bond donors (Lipinski definition) is 6. The molecular weight excluding hydrogens is 652 g/mol. The Balaban J connectivity index is 1.39. The number of carbonyl (C=O) groups is 5. The first-order chi connectivity index (χ1) is 23.6. The van der Waals surface area contributed by atoms with Crippen molar-refractivity contribution in [2.24, 2.45) is 23.2 Å². The van der Waals surface area contributed by atoms with Gasteiger partial charge in [0.15, 0.2) is 11.9 Å². The first kappa shape index (κ1) is 37.6. The summed E-state index contributed by atoms with van der Waals surface area (Å²) in [5.41, 5.74) is -0.919. The summed E-state index contributed by atoms with van der Waals surface area (Å²) in [6.07, 6.45) is 7.50. The number of hydrogen-bond acceptors (Lipinski definition) is 7. The van der Waals surface area contributed by atoms with Crippen LogP contribution in [0.4, 0.5) is 8.78 Å². The molecule has 5 rings (SSSR count). The number of nitrogens with one attached hydrogen (secondary N) is 5. The second kappa shape index (κ2) is 15.3. The number of likely N-dealkylation sites (tertiary alicyclic amines) is 1.